The summed E-state index contributed by atoms with van der Waals surface area (Å²) in [6.07, 6.45) is 4.35. The standard InChI is InChI=1S/C19H26N2O4/c22-18(20-17-3-1-2-4-17)14-25-19(23)16-7-5-15(6-8-16)13-21-9-11-24-12-10-21/h5-8,17H,1-4,9-14H2,(H,20,22)/p+1. The predicted molar refractivity (Wildman–Crippen MR) is 92.3 cm³/mol. The normalized spacial score (nSPS) is 18.9. The molecule has 0 aromatic heterocycles. The third kappa shape index (κ3) is 5.54. The van der Waals surface area contributed by atoms with Gasteiger partial charge < -0.3 is 19.7 Å². The lowest BCUT2D eigenvalue weighted by Gasteiger charge is -2.23. The van der Waals surface area contributed by atoms with Gasteiger partial charge in [-0.2, -0.15) is 0 Å². The van der Waals surface area contributed by atoms with Crippen LogP contribution in [0.3, 0.4) is 0 Å². The molecular formula is C19H27N2O4+. The van der Waals surface area contributed by atoms with Crippen LogP contribution in [0.1, 0.15) is 41.6 Å². The summed E-state index contributed by atoms with van der Waals surface area (Å²) >= 11 is 0. The first kappa shape index (κ1) is 17.9. The van der Waals surface area contributed by atoms with Crippen molar-refractivity contribution in [1.29, 1.82) is 0 Å². The maximum atomic E-state index is 12.1. The van der Waals surface area contributed by atoms with Gasteiger partial charge in [0.1, 0.15) is 19.6 Å². The van der Waals surface area contributed by atoms with Crippen LogP contribution in [-0.2, 0) is 20.8 Å². The third-order valence-corrected chi connectivity index (χ3v) is 4.90. The lowest BCUT2D eigenvalue weighted by atomic mass is 10.1. The Morgan fingerprint density at radius 3 is 2.48 bits per heavy atom. The maximum Gasteiger partial charge on any atom is 0.338 e. The second-order valence-electron chi connectivity index (χ2n) is 6.86. The van der Waals surface area contributed by atoms with Gasteiger partial charge in [0.2, 0.25) is 0 Å². The summed E-state index contributed by atoms with van der Waals surface area (Å²) in [5.74, 6) is -0.667. The second kappa shape index (κ2) is 8.97. The molecule has 1 heterocycles. The van der Waals surface area contributed by atoms with Gasteiger partial charge in [0.05, 0.1) is 18.8 Å². The zero-order valence-electron chi connectivity index (χ0n) is 14.6. The van der Waals surface area contributed by atoms with Crippen LogP contribution in [0.2, 0.25) is 0 Å². The number of rotatable bonds is 6. The molecule has 0 atom stereocenters. The highest BCUT2D eigenvalue weighted by Crippen LogP contribution is 2.17. The maximum absolute atomic E-state index is 12.1. The third-order valence-electron chi connectivity index (χ3n) is 4.90. The molecule has 0 spiro atoms. The summed E-state index contributed by atoms with van der Waals surface area (Å²) in [6.45, 7) is 4.36. The summed E-state index contributed by atoms with van der Waals surface area (Å²) in [5, 5.41) is 2.91. The number of quaternary nitrogens is 1. The predicted octanol–water partition coefficient (Wildman–Crippen LogP) is 0.317. The molecule has 0 bridgehead atoms. The first-order chi connectivity index (χ1) is 12.2. The van der Waals surface area contributed by atoms with Gasteiger partial charge >= 0.3 is 5.97 Å². The molecule has 1 saturated carbocycles. The van der Waals surface area contributed by atoms with Crippen molar-refractivity contribution in [2.45, 2.75) is 38.3 Å². The number of carbonyl (C=O) groups excluding carboxylic acids is 2. The van der Waals surface area contributed by atoms with Crippen LogP contribution in [0.4, 0.5) is 0 Å². The SMILES string of the molecule is O=C(COC(=O)c1ccc(C[NH+]2CCOCC2)cc1)NC1CCCC1. The quantitative estimate of drug-likeness (QED) is 0.727. The molecule has 2 N–H and O–H groups in total. The molecule has 1 aromatic carbocycles. The van der Waals surface area contributed by atoms with Gasteiger partial charge in [-0.25, -0.2) is 4.79 Å². The van der Waals surface area contributed by atoms with Gasteiger partial charge in [-0.15, -0.1) is 0 Å². The van der Waals surface area contributed by atoms with Gasteiger partial charge in [-0.1, -0.05) is 25.0 Å². The number of benzene rings is 1. The number of amides is 1. The largest absolute Gasteiger partial charge is 0.452 e. The van der Waals surface area contributed by atoms with Crippen LogP contribution < -0.4 is 10.2 Å². The van der Waals surface area contributed by atoms with E-state index >= 15 is 0 Å². The van der Waals surface area contributed by atoms with Crippen LogP contribution >= 0.6 is 0 Å². The number of esters is 1. The molecule has 0 unspecified atom stereocenters. The van der Waals surface area contributed by atoms with E-state index in [0.29, 0.717) is 5.56 Å². The molecule has 136 valence electrons. The Bertz CT molecular complexity index is 576. The van der Waals surface area contributed by atoms with Gasteiger partial charge in [-0.3, -0.25) is 4.79 Å². The van der Waals surface area contributed by atoms with Crippen molar-refractivity contribution in [3.63, 3.8) is 0 Å². The van der Waals surface area contributed by atoms with E-state index in [1.807, 2.05) is 12.1 Å². The van der Waals surface area contributed by atoms with Crippen molar-refractivity contribution in [2.75, 3.05) is 32.9 Å². The topological polar surface area (TPSA) is 69.1 Å². The fourth-order valence-electron chi connectivity index (χ4n) is 3.44. The summed E-state index contributed by atoms with van der Waals surface area (Å²) in [6, 6.07) is 7.70. The molecule has 1 aromatic rings. The smallest absolute Gasteiger partial charge is 0.338 e. The number of ether oxygens (including phenoxy) is 2. The van der Waals surface area contributed by atoms with E-state index < -0.39 is 5.97 Å². The minimum atomic E-state index is -0.452. The number of hydrogen-bond donors (Lipinski definition) is 2. The van der Waals surface area contributed by atoms with Crippen molar-refractivity contribution < 1.29 is 24.0 Å². The molecule has 2 aliphatic rings. The van der Waals surface area contributed by atoms with E-state index in [1.54, 1.807) is 12.1 Å². The first-order valence-corrected chi connectivity index (χ1v) is 9.17. The Kier molecular flexibility index (Phi) is 6.42. The molecule has 1 aliphatic carbocycles. The van der Waals surface area contributed by atoms with E-state index in [4.69, 9.17) is 9.47 Å². The molecule has 3 rings (SSSR count). The van der Waals surface area contributed by atoms with Crippen LogP contribution in [0.25, 0.3) is 0 Å². The molecule has 25 heavy (non-hydrogen) atoms. The molecular weight excluding hydrogens is 320 g/mol. The summed E-state index contributed by atoms with van der Waals surface area (Å²) in [7, 11) is 0. The zero-order chi connectivity index (χ0) is 17.5. The number of morpholine rings is 1. The van der Waals surface area contributed by atoms with Crippen LogP contribution in [-0.4, -0.2) is 50.8 Å². The Balaban J connectivity index is 1.42. The lowest BCUT2D eigenvalue weighted by molar-refractivity contribution is -0.921. The van der Waals surface area contributed by atoms with Crippen LogP contribution in [0.15, 0.2) is 24.3 Å². The van der Waals surface area contributed by atoms with Crippen LogP contribution in [0.5, 0.6) is 0 Å². The summed E-state index contributed by atoms with van der Waals surface area (Å²) in [4.78, 5) is 25.4. The minimum Gasteiger partial charge on any atom is -0.452 e. The van der Waals surface area contributed by atoms with Crippen molar-refractivity contribution in [1.82, 2.24) is 5.32 Å². The van der Waals surface area contributed by atoms with E-state index in [9.17, 15) is 9.59 Å². The molecule has 1 aliphatic heterocycles. The highest BCUT2D eigenvalue weighted by Gasteiger charge is 2.18. The van der Waals surface area contributed by atoms with E-state index in [2.05, 4.69) is 5.32 Å². The Morgan fingerprint density at radius 1 is 1.12 bits per heavy atom. The monoisotopic (exact) mass is 347 g/mol. The van der Waals surface area contributed by atoms with Crippen molar-refractivity contribution >= 4 is 11.9 Å². The number of hydrogen-bond acceptors (Lipinski definition) is 4. The summed E-state index contributed by atoms with van der Waals surface area (Å²) in [5.41, 5.74) is 1.67. The summed E-state index contributed by atoms with van der Waals surface area (Å²) < 4.78 is 10.5. The Hall–Kier alpha value is -1.92. The van der Waals surface area contributed by atoms with Crippen molar-refractivity contribution in [3.8, 4) is 0 Å². The first-order valence-electron chi connectivity index (χ1n) is 9.17. The molecule has 2 fully saturated rings. The van der Waals surface area contributed by atoms with E-state index in [0.717, 1.165) is 58.5 Å². The Morgan fingerprint density at radius 2 is 1.80 bits per heavy atom. The molecule has 6 nitrogen and oxygen atoms in total. The van der Waals surface area contributed by atoms with Crippen molar-refractivity contribution in [2.24, 2.45) is 0 Å². The molecule has 0 radical (unpaired) electrons. The van der Waals surface area contributed by atoms with Crippen molar-refractivity contribution in [3.05, 3.63) is 35.4 Å². The molecule has 6 heteroatoms. The van der Waals surface area contributed by atoms with Gasteiger partial charge in [0.15, 0.2) is 6.61 Å². The molecule has 1 amide bonds. The van der Waals surface area contributed by atoms with E-state index in [1.165, 1.54) is 10.5 Å². The average molecular weight is 347 g/mol. The zero-order valence-corrected chi connectivity index (χ0v) is 14.6. The fraction of sp³-hybridized carbons (Fsp3) is 0.579. The van der Waals surface area contributed by atoms with Gasteiger partial charge in [0.25, 0.3) is 5.91 Å². The van der Waals surface area contributed by atoms with Crippen LogP contribution in [0, 0.1) is 0 Å². The number of nitrogens with one attached hydrogen (secondary N) is 2. The average Bonchev–Trinajstić information content (AvgIpc) is 3.14. The number of carbonyl (C=O) groups is 2. The highest BCUT2D eigenvalue weighted by atomic mass is 16.5. The second-order valence-corrected chi connectivity index (χ2v) is 6.86. The van der Waals surface area contributed by atoms with Gasteiger partial charge in [0, 0.05) is 11.6 Å². The fourth-order valence-corrected chi connectivity index (χ4v) is 3.44. The lowest BCUT2D eigenvalue weighted by Crippen LogP contribution is -3.12. The Labute approximate surface area is 148 Å². The molecule has 1 saturated heterocycles. The highest BCUT2D eigenvalue weighted by molar-refractivity contribution is 5.91. The van der Waals surface area contributed by atoms with E-state index in [-0.39, 0.29) is 18.6 Å². The van der Waals surface area contributed by atoms with Gasteiger partial charge in [-0.05, 0) is 25.0 Å². The minimum absolute atomic E-state index is 0.213.